The van der Waals surface area contributed by atoms with Crippen LogP contribution in [0.15, 0.2) is 22.9 Å². The first-order valence-corrected chi connectivity index (χ1v) is 4.24. The van der Waals surface area contributed by atoms with Crippen molar-refractivity contribution in [1.29, 1.82) is 0 Å². The van der Waals surface area contributed by atoms with Crippen LogP contribution >= 0.6 is 15.9 Å². The van der Waals surface area contributed by atoms with E-state index in [1.807, 2.05) is 11.6 Å². The first kappa shape index (κ1) is 7.73. The highest BCUT2D eigenvalue weighted by molar-refractivity contribution is 9.10. The van der Waals surface area contributed by atoms with Gasteiger partial charge in [-0.3, -0.25) is 0 Å². The molecule has 2 heterocycles. The molecule has 12 heavy (non-hydrogen) atoms. The smallest absolute Gasteiger partial charge is 0.222 e. The summed E-state index contributed by atoms with van der Waals surface area (Å²) in [7, 11) is 1.87. The standard InChI is InChI=1S/C8H6BrFN2/c1-12-3-2-5-7(12)6(9)4-11-8(5)10/h2-4H,1H3. The van der Waals surface area contributed by atoms with Crippen molar-refractivity contribution in [2.24, 2.45) is 7.05 Å². The van der Waals surface area contributed by atoms with Crippen molar-refractivity contribution < 1.29 is 4.39 Å². The molecule has 2 nitrogen and oxygen atoms in total. The van der Waals surface area contributed by atoms with E-state index in [0.717, 1.165) is 9.99 Å². The molecule has 0 saturated heterocycles. The Labute approximate surface area is 77.1 Å². The molecule has 62 valence electrons. The van der Waals surface area contributed by atoms with E-state index in [1.54, 1.807) is 12.3 Å². The van der Waals surface area contributed by atoms with Gasteiger partial charge in [0.15, 0.2) is 0 Å². The third kappa shape index (κ3) is 0.948. The molecule has 0 saturated carbocycles. The molecule has 0 amide bonds. The van der Waals surface area contributed by atoms with E-state index in [1.165, 1.54) is 6.20 Å². The summed E-state index contributed by atoms with van der Waals surface area (Å²) < 4.78 is 15.7. The lowest BCUT2D eigenvalue weighted by molar-refractivity contribution is 0.596. The lowest BCUT2D eigenvalue weighted by atomic mass is 10.3. The molecule has 4 heteroatoms. The SMILES string of the molecule is Cn1ccc2c(F)ncc(Br)c21. The average Bonchev–Trinajstić information content (AvgIpc) is 2.42. The minimum atomic E-state index is -0.422. The van der Waals surface area contributed by atoms with Gasteiger partial charge in [-0.2, -0.15) is 4.39 Å². The Morgan fingerprint density at radius 1 is 1.58 bits per heavy atom. The highest BCUT2D eigenvalue weighted by atomic mass is 79.9. The Morgan fingerprint density at radius 2 is 2.33 bits per heavy atom. The summed E-state index contributed by atoms with van der Waals surface area (Å²) in [4.78, 5) is 3.59. The van der Waals surface area contributed by atoms with Crippen molar-refractivity contribution >= 4 is 26.8 Å². The maximum Gasteiger partial charge on any atom is 0.222 e. The molecule has 2 rings (SSSR count). The molecule has 0 aliphatic heterocycles. The van der Waals surface area contributed by atoms with Crippen molar-refractivity contribution in [2.45, 2.75) is 0 Å². The van der Waals surface area contributed by atoms with Crippen LogP contribution in [-0.2, 0) is 7.05 Å². The van der Waals surface area contributed by atoms with Crippen LogP contribution in [0.1, 0.15) is 0 Å². The van der Waals surface area contributed by atoms with Gasteiger partial charge in [0.25, 0.3) is 0 Å². The van der Waals surface area contributed by atoms with Gasteiger partial charge in [-0.05, 0) is 22.0 Å². The van der Waals surface area contributed by atoms with Gasteiger partial charge in [0.2, 0.25) is 5.95 Å². The quantitative estimate of drug-likeness (QED) is 0.634. The van der Waals surface area contributed by atoms with Crippen LogP contribution in [0.25, 0.3) is 10.9 Å². The normalized spacial score (nSPS) is 10.9. The summed E-state index contributed by atoms with van der Waals surface area (Å²) in [6.45, 7) is 0. The maximum atomic E-state index is 13.0. The van der Waals surface area contributed by atoms with Gasteiger partial charge < -0.3 is 4.57 Å². The number of halogens is 2. The Morgan fingerprint density at radius 3 is 3.00 bits per heavy atom. The van der Waals surface area contributed by atoms with E-state index in [0.29, 0.717) is 5.39 Å². The summed E-state index contributed by atoms with van der Waals surface area (Å²) in [6, 6.07) is 1.71. The van der Waals surface area contributed by atoms with Gasteiger partial charge in [0.05, 0.1) is 15.4 Å². The number of pyridine rings is 1. The van der Waals surface area contributed by atoms with Crippen molar-refractivity contribution in [1.82, 2.24) is 9.55 Å². The molecule has 0 radical (unpaired) electrons. The third-order valence-corrected chi connectivity index (χ3v) is 2.39. The summed E-state index contributed by atoms with van der Waals surface area (Å²) >= 11 is 3.31. The number of hydrogen-bond donors (Lipinski definition) is 0. The second-order valence-electron chi connectivity index (χ2n) is 2.59. The van der Waals surface area contributed by atoms with Crippen molar-refractivity contribution in [3.05, 3.63) is 28.9 Å². The molecule has 0 fully saturated rings. The van der Waals surface area contributed by atoms with Crippen LogP contribution in [-0.4, -0.2) is 9.55 Å². The van der Waals surface area contributed by atoms with Crippen LogP contribution in [0.4, 0.5) is 4.39 Å². The predicted molar refractivity (Wildman–Crippen MR) is 48.4 cm³/mol. The second kappa shape index (κ2) is 2.55. The molecular weight excluding hydrogens is 223 g/mol. The molecule has 0 aliphatic carbocycles. The molecule has 2 aromatic heterocycles. The topological polar surface area (TPSA) is 17.8 Å². The van der Waals surface area contributed by atoms with E-state index < -0.39 is 5.95 Å². The molecule has 0 N–H and O–H groups in total. The van der Waals surface area contributed by atoms with Gasteiger partial charge in [-0.15, -0.1) is 0 Å². The van der Waals surface area contributed by atoms with Gasteiger partial charge >= 0.3 is 0 Å². The summed E-state index contributed by atoms with van der Waals surface area (Å²) in [5.74, 6) is -0.422. The van der Waals surface area contributed by atoms with Crippen LogP contribution in [0, 0.1) is 5.95 Å². The summed E-state index contributed by atoms with van der Waals surface area (Å²) in [5, 5.41) is 0.548. The fourth-order valence-corrected chi connectivity index (χ4v) is 1.83. The van der Waals surface area contributed by atoms with Gasteiger partial charge in [-0.25, -0.2) is 4.98 Å². The first-order valence-electron chi connectivity index (χ1n) is 3.45. The first-order chi connectivity index (χ1) is 5.70. The van der Waals surface area contributed by atoms with Gasteiger partial charge in [0, 0.05) is 19.4 Å². The van der Waals surface area contributed by atoms with Crippen LogP contribution < -0.4 is 0 Å². The highest BCUT2D eigenvalue weighted by Gasteiger charge is 2.07. The van der Waals surface area contributed by atoms with Gasteiger partial charge in [-0.1, -0.05) is 0 Å². The fourth-order valence-electron chi connectivity index (χ4n) is 1.24. The molecule has 0 spiro atoms. The lowest BCUT2D eigenvalue weighted by Crippen LogP contribution is -1.88. The Balaban J connectivity index is 2.98. The lowest BCUT2D eigenvalue weighted by Gasteiger charge is -1.98. The number of fused-ring (bicyclic) bond motifs is 1. The number of aromatic nitrogens is 2. The molecule has 0 aliphatic rings. The maximum absolute atomic E-state index is 13.0. The van der Waals surface area contributed by atoms with Crippen LogP contribution in [0.2, 0.25) is 0 Å². The zero-order valence-corrected chi connectivity index (χ0v) is 7.97. The Hall–Kier alpha value is -0.900. The third-order valence-electron chi connectivity index (χ3n) is 1.81. The summed E-state index contributed by atoms with van der Waals surface area (Å²) in [5.41, 5.74) is 0.836. The number of aryl methyl sites for hydroxylation is 1. The fraction of sp³-hybridized carbons (Fsp3) is 0.125. The van der Waals surface area contributed by atoms with Gasteiger partial charge in [0.1, 0.15) is 0 Å². The summed E-state index contributed by atoms with van der Waals surface area (Å²) in [6.07, 6.45) is 3.28. The molecule has 0 aromatic carbocycles. The van der Waals surface area contributed by atoms with Crippen LogP contribution in [0.5, 0.6) is 0 Å². The van der Waals surface area contributed by atoms with Crippen molar-refractivity contribution in [3.63, 3.8) is 0 Å². The monoisotopic (exact) mass is 228 g/mol. The average molecular weight is 229 g/mol. The van der Waals surface area contributed by atoms with E-state index in [2.05, 4.69) is 20.9 Å². The Kier molecular flexibility index (Phi) is 1.65. The molecule has 0 bridgehead atoms. The van der Waals surface area contributed by atoms with Crippen molar-refractivity contribution in [3.8, 4) is 0 Å². The zero-order chi connectivity index (χ0) is 8.72. The van der Waals surface area contributed by atoms with Crippen molar-refractivity contribution in [2.75, 3.05) is 0 Å². The molecule has 0 atom stereocenters. The number of hydrogen-bond acceptors (Lipinski definition) is 1. The van der Waals surface area contributed by atoms with E-state index >= 15 is 0 Å². The zero-order valence-electron chi connectivity index (χ0n) is 6.38. The molecular formula is C8H6BrFN2. The highest BCUT2D eigenvalue weighted by Crippen LogP contribution is 2.24. The number of rotatable bonds is 0. The number of nitrogens with zero attached hydrogens (tertiary/aromatic N) is 2. The molecule has 2 aromatic rings. The van der Waals surface area contributed by atoms with E-state index in [-0.39, 0.29) is 0 Å². The Bertz CT molecular complexity index is 436. The largest absolute Gasteiger partial charge is 0.349 e. The van der Waals surface area contributed by atoms with Crippen LogP contribution in [0.3, 0.4) is 0 Å². The predicted octanol–water partition coefficient (Wildman–Crippen LogP) is 2.47. The van der Waals surface area contributed by atoms with E-state index in [4.69, 9.17) is 0 Å². The minimum absolute atomic E-state index is 0.422. The second-order valence-corrected chi connectivity index (χ2v) is 3.44. The molecule has 0 unspecified atom stereocenters. The van der Waals surface area contributed by atoms with E-state index in [9.17, 15) is 4.39 Å². The minimum Gasteiger partial charge on any atom is -0.349 e.